The summed E-state index contributed by atoms with van der Waals surface area (Å²) in [4.78, 5) is 28.8. The molecule has 0 unspecified atom stereocenters. The van der Waals surface area contributed by atoms with E-state index in [2.05, 4.69) is 27.2 Å². The van der Waals surface area contributed by atoms with Gasteiger partial charge in [-0.05, 0) is 0 Å². The molecule has 1 rings (SSSR count). The Morgan fingerprint density at radius 3 is 2.94 bits per heavy atom. The van der Waals surface area contributed by atoms with Crippen molar-refractivity contribution in [2.45, 2.75) is 12.5 Å². The van der Waals surface area contributed by atoms with Crippen LogP contribution in [0.3, 0.4) is 0 Å². The highest BCUT2D eigenvalue weighted by molar-refractivity contribution is 5.82. The largest absolute Gasteiger partial charge is 0.480 e. The summed E-state index contributed by atoms with van der Waals surface area (Å²) >= 11 is 0. The molecule has 0 fully saturated rings. The summed E-state index contributed by atoms with van der Waals surface area (Å²) < 4.78 is 0. The molecule has 1 aromatic rings. The van der Waals surface area contributed by atoms with E-state index in [4.69, 9.17) is 5.11 Å². The van der Waals surface area contributed by atoms with E-state index >= 15 is 0 Å². The third kappa shape index (κ3) is 4.37. The van der Waals surface area contributed by atoms with Crippen molar-refractivity contribution in [2.75, 3.05) is 6.54 Å². The summed E-state index contributed by atoms with van der Waals surface area (Å²) in [6.07, 6.45) is 4.62. The third-order valence-corrected chi connectivity index (χ3v) is 1.99. The first-order valence-electron chi connectivity index (χ1n) is 4.98. The molecule has 1 heterocycles. The lowest BCUT2D eigenvalue weighted by atomic mass is 10.2. The van der Waals surface area contributed by atoms with Crippen LogP contribution in [0.2, 0.25) is 0 Å². The average molecular weight is 238 g/mol. The van der Waals surface area contributed by atoms with Crippen molar-refractivity contribution in [1.29, 1.82) is 0 Å². The molecule has 7 nitrogen and oxygen atoms in total. The van der Waals surface area contributed by atoms with Crippen LogP contribution >= 0.6 is 0 Å². The number of aromatic nitrogens is 2. The van der Waals surface area contributed by atoms with Crippen LogP contribution in [0.5, 0.6) is 0 Å². The van der Waals surface area contributed by atoms with Gasteiger partial charge < -0.3 is 20.7 Å². The molecule has 7 heteroatoms. The molecule has 0 aliphatic carbocycles. The molecule has 4 N–H and O–H groups in total. The number of amides is 2. The summed E-state index contributed by atoms with van der Waals surface area (Å²) in [5.41, 5.74) is 0.640. The number of aliphatic carboxylic acids is 1. The number of carbonyl (C=O) groups is 2. The normalized spacial score (nSPS) is 11.5. The van der Waals surface area contributed by atoms with Crippen LogP contribution in [-0.4, -0.2) is 39.7 Å². The molecule has 0 saturated heterocycles. The Morgan fingerprint density at radius 2 is 2.41 bits per heavy atom. The first-order chi connectivity index (χ1) is 8.13. The molecular weight excluding hydrogens is 224 g/mol. The third-order valence-electron chi connectivity index (χ3n) is 1.99. The molecule has 0 saturated carbocycles. The molecule has 92 valence electrons. The topological polar surface area (TPSA) is 107 Å². The van der Waals surface area contributed by atoms with Gasteiger partial charge in [-0.1, -0.05) is 6.08 Å². The number of nitrogens with zero attached hydrogens (tertiary/aromatic N) is 1. The fraction of sp³-hybridized carbons (Fsp3) is 0.300. The molecule has 0 aliphatic rings. The summed E-state index contributed by atoms with van der Waals surface area (Å²) in [7, 11) is 0. The van der Waals surface area contributed by atoms with Gasteiger partial charge in [-0.3, -0.25) is 0 Å². The Labute approximate surface area is 97.9 Å². The number of hydrogen-bond donors (Lipinski definition) is 4. The quantitative estimate of drug-likeness (QED) is 0.519. The van der Waals surface area contributed by atoms with E-state index in [9.17, 15) is 9.59 Å². The number of nitrogens with one attached hydrogen (secondary N) is 3. The monoisotopic (exact) mass is 238 g/mol. The second-order valence-electron chi connectivity index (χ2n) is 3.31. The number of urea groups is 1. The van der Waals surface area contributed by atoms with E-state index < -0.39 is 18.0 Å². The number of aromatic amines is 1. The first-order valence-corrected chi connectivity index (χ1v) is 4.98. The summed E-state index contributed by atoms with van der Waals surface area (Å²) in [6.45, 7) is 3.72. The maximum Gasteiger partial charge on any atom is 0.326 e. The van der Waals surface area contributed by atoms with Crippen molar-refractivity contribution in [1.82, 2.24) is 20.6 Å². The Kier molecular flexibility index (Phi) is 4.74. The van der Waals surface area contributed by atoms with Crippen molar-refractivity contribution in [3.8, 4) is 0 Å². The SMILES string of the molecule is C=CCNC(=O)N[C@@H](Cc1cnc[nH]1)C(=O)O. The van der Waals surface area contributed by atoms with Gasteiger partial charge in [-0.15, -0.1) is 6.58 Å². The van der Waals surface area contributed by atoms with Gasteiger partial charge >= 0.3 is 12.0 Å². The fourth-order valence-electron chi connectivity index (χ4n) is 1.19. The molecule has 0 radical (unpaired) electrons. The molecule has 2 amide bonds. The minimum absolute atomic E-state index is 0.150. The number of rotatable bonds is 6. The maximum absolute atomic E-state index is 11.3. The zero-order valence-electron chi connectivity index (χ0n) is 9.14. The molecular formula is C10H14N4O3. The van der Waals surface area contributed by atoms with Crippen molar-refractivity contribution >= 4 is 12.0 Å². The van der Waals surface area contributed by atoms with Gasteiger partial charge in [0, 0.05) is 24.9 Å². The number of carboxylic acids is 1. The average Bonchev–Trinajstić information content (AvgIpc) is 2.78. The van der Waals surface area contributed by atoms with Crippen molar-refractivity contribution in [3.05, 3.63) is 30.9 Å². The molecule has 0 spiro atoms. The van der Waals surface area contributed by atoms with Gasteiger partial charge in [0.15, 0.2) is 0 Å². The maximum atomic E-state index is 11.3. The van der Waals surface area contributed by atoms with E-state index in [0.29, 0.717) is 5.69 Å². The Hall–Kier alpha value is -2.31. The van der Waals surface area contributed by atoms with Gasteiger partial charge in [0.25, 0.3) is 0 Å². The van der Waals surface area contributed by atoms with Crippen LogP contribution in [0, 0.1) is 0 Å². The van der Waals surface area contributed by atoms with Crippen LogP contribution in [0.25, 0.3) is 0 Å². The summed E-state index contributed by atoms with van der Waals surface area (Å²) in [5, 5.41) is 13.7. The van der Waals surface area contributed by atoms with Gasteiger partial charge in [-0.25, -0.2) is 14.6 Å². The molecule has 17 heavy (non-hydrogen) atoms. The van der Waals surface area contributed by atoms with Crippen LogP contribution in [0.15, 0.2) is 25.2 Å². The van der Waals surface area contributed by atoms with E-state index in [0.717, 1.165) is 0 Å². The predicted octanol–water partition coefficient (Wildman–Crippen LogP) is -0.109. The number of imidazole rings is 1. The zero-order valence-corrected chi connectivity index (χ0v) is 9.14. The van der Waals surface area contributed by atoms with E-state index in [1.165, 1.54) is 18.6 Å². The molecule has 1 aromatic heterocycles. The zero-order chi connectivity index (χ0) is 12.7. The molecule has 1 atom stereocenters. The number of carboxylic acid groups (broad SMARTS) is 1. The number of carbonyl (C=O) groups excluding carboxylic acids is 1. The van der Waals surface area contributed by atoms with Gasteiger partial charge in [0.05, 0.1) is 6.33 Å². The molecule has 0 aromatic carbocycles. The van der Waals surface area contributed by atoms with Gasteiger partial charge in [-0.2, -0.15) is 0 Å². The lowest BCUT2D eigenvalue weighted by Gasteiger charge is -2.13. The van der Waals surface area contributed by atoms with Crippen LogP contribution in [0.1, 0.15) is 5.69 Å². The molecule has 0 aliphatic heterocycles. The minimum atomic E-state index is -1.10. The number of hydrogen-bond acceptors (Lipinski definition) is 3. The van der Waals surface area contributed by atoms with Crippen LogP contribution < -0.4 is 10.6 Å². The van der Waals surface area contributed by atoms with Crippen LogP contribution in [-0.2, 0) is 11.2 Å². The summed E-state index contributed by atoms with van der Waals surface area (Å²) in [5.74, 6) is -1.10. The minimum Gasteiger partial charge on any atom is -0.480 e. The standard InChI is InChI=1S/C10H14N4O3/c1-2-3-12-10(17)14-8(9(15)16)4-7-5-11-6-13-7/h2,5-6,8H,1,3-4H2,(H,11,13)(H,15,16)(H2,12,14,17)/t8-/m0/s1. The summed E-state index contributed by atoms with van der Waals surface area (Å²) in [6, 6.07) is -1.54. The Balaban J connectivity index is 2.51. The predicted molar refractivity (Wildman–Crippen MR) is 60.4 cm³/mol. The fourth-order valence-corrected chi connectivity index (χ4v) is 1.19. The van der Waals surface area contributed by atoms with Crippen molar-refractivity contribution in [2.24, 2.45) is 0 Å². The highest BCUT2D eigenvalue weighted by Gasteiger charge is 2.20. The Morgan fingerprint density at radius 1 is 1.65 bits per heavy atom. The second kappa shape index (κ2) is 6.31. The highest BCUT2D eigenvalue weighted by atomic mass is 16.4. The van der Waals surface area contributed by atoms with Crippen molar-refractivity contribution < 1.29 is 14.7 Å². The van der Waals surface area contributed by atoms with E-state index in [-0.39, 0.29) is 13.0 Å². The lowest BCUT2D eigenvalue weighted by Crippen LogP contribution is -2.47. The van der Waals surface area contributed by atoms with Gasteiger partial charge in [0.1, 0.15) is 6.04 Å². The number of H-pyrrole nitrogens is 1. The van der Waals surface area contributed by atoms with Crippen LogP contribution in [0.4, 0.5) is 4.79 Å². The smallest absolute Gasteiger partial charge is 0.326 e. The lowest BCUT2D eigenvalue weighted by molar-refractivity contribution is -0.139. The van der Waals surface area contributed by atoms with Gasteiger partial charge in [0.2, 0.25) is 0 Å². The second-order valence-corrected chi connectivity index (χ2v) is 3.31. The van der Waals surface area contributed by atoms with Crippen molar-refractivity contribution in [3.63, 3.8) is 0 Å². The molecule has 0 bridgehead atoms. The van der Waals surface area contributed by atoms with E-state index in [1.807, 2.05) is 0 Å². The first kappa shape index (κ1) is 12.8. The van der Waals surface area contributed by atoms with E-state index in [1.54, 1.807) is 0 Å². The highest BCUT2D eigenvalue weighted by Crippen LogP contribution is 1.98. The Bertz CT molecular complexity index is 388.